The molecule has 1 fully saturated rings. The molecule has 1 saturated heterocycles. The molecule has 0 radical (unpaired) electrons. The van der Waals surface area contributed by atoms with Gasteiger partial charge in [-0.25, -0.2) is 0 Å². The van der Waals surface area contributed by atoms with E-state index in [0.29, 0.717) is 0 Å². The summed E-state index contributed by atoms with van der Waals surface area (Å²) in [4.78, 5) is 4.43. The van der Waals surface area contributed by atoms with Crippen LogP contribution in [0, 0.1) is 0 Å². The van der Waals surface area contributed by atoms with Crippen LogP contribution in [0.25, 0.3) is 0 Å². The van der Waals surface area contributed by atoms with E-state index < -0.39 is 0 Å². The topological polar surface area (TPSA) is 50.9 Å². The third kappa shape index (κ3) is 3.70. The van der Waals surface area contributed by atoms with Crippen LogP contribution in [0.1, 0.15) is 19.0 Å². The third-order valence-electron chi connectivity index (χ3n) is 3.23. The number of hydrogen-bond donors (Lipinski definition) is 2. The molecule has 2 unspecified atom stereocenters. The summed E-state index contributed by atoms with van der Waals surface area (Å²) in [5.41, 5.74) is 7.25. The molecule has 0 aliphatic carbocycles. The van der Waals surface area contributed by atoms with Crippen molar-refractivity contribution in [1.29, 1.82) is 0 Å². The molecule has 100 valence electrons. The van der Waals surface area contributed by atoms with Crippen molar-refractivity contribution in [3.05, 3.63) is 30.1 Å². The standard InChI is InChI=1S/C11H17N3.3ClH/c1-9(12)11(5-7-13-8-11)10-4-2-3-6-14-10;;;/h2-4,6,9,13H,5,7-8,12H2,1H3;3*1H. The molecule has 0 amide bonds. The maximum Gasteiger partial charge on any atom is 0.0494 e. The Hall–Kier alpha value is -0.0600. The number of nitrogens with one attached hydrogen (secondary N) is 1. The highest BCUT2D eigenvalue weighted by Gasteiger charge is 2.40. The predicted octanol–water partition coefficient (Wildman–Crippen LogP) is 1.93. The maximum absolute atomic E-state index is 6.08. The molecule has 0 aromatic carbocycles. The lowest BCUT2D eigenvalue weighted by Gasteiger charge is -2.31. The Morgan fingerprint density at radius 2 is 2.06 bits per heavy atom. The summed E-state index contributed by atoms with van der Waals surface area (Å²) in [5, 5.41) is 3.37. The zero-order chi connectivity index (χ0) is 10.0. The van der Waals surface area contributed by atoms with Crippen LogP contribution in [0.4, 0.5) is 0 Å². The second-order valence-electron chi connectivity index (χ2n) is 4.09. The summed E-state index contributed by atoms with van der Waals surface area (Å²) in [6.07, 6.45) is 2.93. The minimum absolute atomic E-state index is 0. The van der Waals surface area contributed by atoms with Crippen LogP contribution in [-0.4, -0.2) is 24.1 Å². The van der Waals surface area contributed by atoms with Gasteiger partial charge in [-0.05, 0) is 32.0 Å². The first-order chi connectivity index (χ1) is 6.76. The monoisotopic (exact) mass is 299 g/mol. The van der Waals surface area contributed by atoms with Crippen LogP contribution < -0.4 is 11.1 Å². The lowest BCUT2D eigenvalue weighted by atomic mass is 9.77. The molecule has 2 heterocycles. The minimum atomic E-state index is 0. The predicted molar refractivity (Wildman–Crippen MR) is 78.8 cm³/mol. The third-order valence-corrected chi connectivity index (χ3v) is 3.23. The summed E-state index contributed by atoms with van der Waals surface area (Å²) in [5.74, 6) is 0. The van der Waals surface area contributed by atoms with Crippen LogP contribution in [0.2, 0.25) is 0 Å². The number of halogens is 3. The lowest BCUT2D eigenvalue weighted by molar-refractivity contribution is 0.382. The smallest absolute Gasteiger partial charge is 0.0494 e. The molecular formula is C11H20Cl3N3. The Morgan fingerprint density at radius 3 is 2.47 bits per heavy atom. The number of nitrogens with two attached hydrogens (primary N) is 1. The van der Waals surface area contributed by atoms with Crippen LogP contribution in [0.3, 0.4) is 0 Å². The van der Waals surface area contributed by atoms with E-state index in [1.54, 1.807) is 0 Å². The van der Waals surface area contributed by atoms with Crippen molar-refractivity contribution < 1.29 is 0 Å². The van der Waals surface area contributed by atoms with Crippen LogP contribution in [0.5, 0.6) is 0 Å². The fourth-order valence-corrected chi connectivity index (χ4v) is 2.21. The van der Waals surface area contributed by atoms with Gasteiger partial charge in [-0.1, -0.05) is 6.07 Å². The zero-order valence-electron chi connectivity index (χ0n) is 9.76. The van der Waals surface area contributed by atoms with Gasteiger partial charge in [0.15, 0.2) is 0 Å². The van der Waals surface area contributed by atoms with E-state index in [1.165, 1.54) is 0 Å². The van der Waals surface area contributed by atoms with Gasteiger partial charge < -0.3 is 11.1 Å². The fraction of sp³-hybridized carbons (Fsp3) is 0.545. The molecule has 6 heteroatoms. The van der Waals surface area contributed by atoms with Gasteiger partial charge in [-0.3, -0.25) is 4.98 Å². The summed E-state index contributed by atoms with van der Waals surface area (Å²) in [6.45, 7) is 4.06. The highest BCUT2D eigenvalue weighted by molar-refractivity contribution is 5.86. The van der Waals surface area contributed by atoms with E-state index in [1.807, 2.05) is 18.3 Å². The Labute approximate surface area is 121 Å². The van der Waals surface area contributed by atoms with Crippen molar-refractivity contribution in [2.75, 3.05) is 13.1 Å². The molecule has 1 aromatic rings. The molecule has 2 rings (SSSR count). The van der Waals surface area contributed by atoms with Gasteiger partial charge >= 0.3 is 0 Å². The number of aromatic nitrogens is 1. The second-order valence-corrected chi connectivity index (χ2v) is 4.09. The highest BCUT2D eigenvalue weighted by atomic mass is 35.5. The van der Waals surface area contributed by atoms with E-state index in [-0.39, 0.29) is 48.7 Å². The first kappa shape index (κ1) is 19.3. The Bertz CT molecular complexity index is 300. The van der Waals surface area contributed by atoms with Crippen molar-refractivity contribution in [3.8, 4) is 0 Å². The molecule has 0 spiro atoms. The number of rotatable bonds is 2. The van der Waals surface area contributed by atoms with E-state index in [2.05, 4.69) is 23.3 Å². The van der Waals surface area contributed by atoms with E-state index in [4.69, 9.17) is 5.73 Å². The second kappa shape index (κ2) is 8.11. The van der Waals surface area contributed by atoms with Crippen molar-refractivity contribution in [3.63, 3.8) is 0 Å². The Balaban J connectivity index is 0. The summed E-state index contributed by atoms with van der Waals surface area (Å²) in [7, 11) is 0. The quantitative estimate of drug-likeness (QED) is 0.877. The molecule has 2 atom stereocenters. The first-order valence-electron chi connectivity index (χ1n) is 5.13. The van der Waals surface area contributed by atoms with Gasteiger partial charge in [0, 0.05) is 29.9 Å². The molecule has 1 aromatic heterocycles. The molecule has 1 aliphatic heterocycles. The van der Waals surface area contributed by atoms with Crippen molar-refractivity contribution in [2.45, 2.75) is 24.8 Å². The van der Waals surface area contributed by atoms with Crippen LogP contribution in [-0.2, 0) is 5.41 Å². The molecular weight excluding hydrogens is 281 g/mol. The van der Waals surface area contributed by atoms with Crippen LogP contribution >= 0.6 is 37.2 Å². The Morgan fingerprint density at radius 1 is 1.35 bits per heavy atom. The summed E-state index contributed by atoms with van der Waals surface area (Å²) < 4.78 is 0. The maximum atomic E-state index is 6.08. The molecule has 3 N–H and O–H groups in total. The lowest BCUT2D eigenvalue weighted by Crippen LogP contribution is -2.45. The highest BCUT2D eigenvalue weighted by Crippen LogP contribution is 2.31. The zero-order valence-corrected chi connectivity index (χ0v) is 12.2. The van der Waals surface area contributed by atoms with Crippen molar-refractivity contribution in [2.24, 2.45) is 5.73 Å². The van der Waals surface area contributed by atoms with Gasteiger partial charge in [-0.2, -0.15) is 0 Å². The van der Waals surface area contributed by atoms with Gasteiger partial charge in [0.05, 0.1) is 0 Å². The molecule has 1 aliphatic rings. The molecule has 0 bridgehead atoms. The fourth-order valence-electron chi connectivity index (χ4n) is 2.21. The summed E-state index contributed by atoms with van der Waals surface area (Å²) >= 11 is 0. The summed E-state index contributed by atoms with van der Waals surface area (Å²) in [6, 6.07) is 6.20. The van der Waals surface area contributed by atoms with E-state index in [0.717, 1.165) is 25.2 Å². The minimum Gasteiger partial charge on any atom is -0.327 e. The average molecular weight is 301 g/mol. The molecule has 17 heavy (non-hydrogen) atoms. The number of hydrogen-bond acceptors (Lipinski definition) is 3. The Kier molecular flexibility index (Phi) is 9.20. The van der Waals surface area contributed by atoms with Crippen LogP contribution in [0.15, 0.2) is 24.4 Å². The van der Waals surface area contributed by atoms with Crippen molar-refractivity contribution in [1.82, 2.24) is 10.3 Å². The number of pyridine rings is 1. The molecule has 0 saturated carbocycles. The van der Waals surface area contributed by atoms with Gasteiger partial charge in [0.2, 0.25) is 0 Å². The normalized spacial score (nSPS) is 23.9. The SMILES string of the molecule is CC(N)C1(c2ccccn2)CCNC1.Cl.Cl.Cl. The van der Waals surface area contributed by atoms with E-state index >= 15 is 0 Å². The average Bonchev–Trinajstić information content (AvgIpc) is 2.69. The van der Waals surface area contributed by atoms with Gasteiger partial charge in [0.1, 0.15) is 0 Å². The largest absolute Gasteiger partial charge is 0.327 e. The molecule has 3 nitrogen and oxygen atoms in total. The van der Waals surface area contributed by atoms with Crippen molar-refractivity contribution >= 4 is 37.2 Å². The van der Waals surface area contributed by atoms with Gasteiger partial charge in [0.25, 0.3) is 0 Å². The first-order valence-corrected chi connectivity index (χ1v) is 5.13. The van der Waals surface area contributed by atoms with Gasteiger partial charge in [-0.15, -0.1) is 37.2 Å². The number of nitrogens with zero attached hydrogens (tertiary/aromatic N) is 1. The van der Waals surface area contributed by atoms with E-state index in [9.17, 15) is 0 Å².